The van der Waals surface area contributed by atoms with Gasteiger partial charge in [-0.1, -0.05) is 19.1 Å². The zero-order chi connectivity index (χ0) is 25.2. The molecule has 1 unspecified atom stereocenters. The predicted octanol–water partition coefficient (Wildman–Crippen LogP) is 0.426. The first-order chi connectivity index (χ1) is 17.3. The highest BCUT2D eigenvalue weighted by atomic mass is 35.5. The van der Waals surface area contributed by atoms with Crippen LogP contribution in [0.5, 0.6) is 0 Å². The summed E-state index contributed by atoms with van der Waals surface area (Å²) in [6, 6.07) is 12.1. The maximum Gasteiger partial charge on any atom is 0.309 e. The van der Waals surface area contributed by atoms with Crippen LogP contribution in [0, 0.1) is 13.8 Å². The lowest BCUT2D eigenvalue weighted by atomic mass is 9.85. The zero-order valence-electron chi connectivity index (χ0n) is 21.0. The molecule has 8 heteroatoms. The number of rotatable bonds is 3. The monoisotopic (exact) mass is 517 g/mol. The molecule has 5 heterocycles. The van der Waals surface area contributed by atoms with Crippen LogP contribution >= 0.6 is 0 Å². The van der Waals surface area contributed by atoms with Gasteiger partial charge in [-0.05, 0) is 49.1 Å². The molecule has 1 atom stereocenters. The topological polar surface area (TPSA) is 85.3 Å². The smallest absolute Gasteiger partial charge is 0.309 e. The SMILES string of the molecule is CCC1(O)CC(=O)OCc2c1cc1n(c2=O)Cc2c-1nc1cc(C)cc(C)c1c2C[n+]1ccccc1.[Cl-]. The maximum atomic E-state index is 13.7. The average Bonchev–Trinajstić information content (AvgIpc) is 3.15. The van der Waals surface area contributed by atoms with Gasteiger partial charge in [-0.2, -0.15) is 0 Å². The highest BCUT2D eigenvalue weighted by Gasteiger charge is 2.40. The van der Waals surface area contributed by atoms with Gasteiger partial charge in [0.1, 0.15) is 12.2 Å². The van der Waals surface area contributed by atoms with Gasteiger partial charge in [0.05, 0.1) is 35.4 Å². The number of hydrogen-bond acceptors (Lipinski definition) is 5. The molecular weight excluding hydrogens is 490 g/mol. The van der Waals surface area contributed by atoms with E-state index in [0.29, 0.717) is 36.3 Å². The number of carbonyl (C=O) groups excluding carboxylic acids is 1. The van der Waals surface area contributed by atoms with Crippen molar-refractivity contribution in [2.75, 3.05) is 0 Å². The molecule has 4 aromatic rings. The Kier molecular flexibility index (Phi) is 6.16. The van der Waals surface area contributed by atoms with Gasteiger partial charge >= 0.3 is 5.97 Å². The molecule has 0 radical (unpaired) electrons. The first kappa shape index (κ1) is 25.1. The van der Waals surface area contributed by atoms with Gasteiger partial charge < -0.3 is 26.8 Å². The average molecular weight is 518 g/mol. The molecule has 0 saturated heterocycles. The Morgan fingerprint density at radius 2 is 1.86 bits per heavy atom. The number of benzene rings is 1. The van der Waals surface area contributed by atoms with E-state index in [4.69, 9.17) is 9.72 Å². The second-order valence-electron chi connectivity index (χ2n) is 9.98. The van der Waals surface area contributed by atoms with E-state index < -0.39 is 11.6 Å². The van der Waals surface area contributed by atoms with Crippen LogP contribution in [-0.4, -0.2) is 20.6 Å². The summed E-state index contributed by atoms with van der Waals surface area (Å²) in [6.45, 7) is 6.87. The summed E-state index contributed by atoms with van der Waals surface area (Å²) >= 11 is 0. The Bertz CT molecular complexity index is 1630. The van der Waals surface area contributed by atoms with Gasteiger partial charge in [-0.25, -0.2) is 9.55 Å². The standard InChI is InChI=1S/C29H28N3O4.ClH/c1-4-29(35)13-25(33)36-16-21-22(29)12-24-27-20(15-32(24)28(21)34)19(14-31-8-6-5-7-9-31)26-18(3)10-17(2)11-23(26)30-27;/h5-12,35H,4,13-16H2,1-3H3;1H/q+1;/p-1. The summed E-state index contributed by atoms with van der Waals surface area (Å²) in [4.78, 5) is 31.0. The van der Waals surface area contributed by atoms with E-state index in [1.54, 1.807) is 4.57 Å². The van der Waals surface area contributed by atoms with E-state index in [-0.39, 0.29) is 31.0 Å². The van der Waals surface area contributed by atoms with Crippen LogP contribution in [0.15, 0.2) is 53.6 Å². The quantitative estimate of drug-likeness (QED) is 0.277. The molecule has 0 fully saturated rings. The zero-order valence-corrected chi connectivity index (χ0v) is 21.8. The number of aliphatic hydroxyl groups is 1. The fourth-order valence-corrected chi connectivity index (χ4v) is 5.80. The number of nitrogens with zero attached hydrogens (tertiary/aromatic N) is 3. The minimum absolute atomic E-state index is 0. The van der Waals surface area contributed by atoms with E-state index in [1.165, 1.54) is 0 Å². The number of aromatic nitrogens is 3. The number of carbonyl (C=O) groups is 1. The number of cyclic esters (lactones) is 1. The molecule has 1 N–H and O–H groups in total. The fourth-order valence-electron chi connectivity index (χ4n) is 5.80. The molecule has 2 aliphatic rings. The Hall–Kier alpha value is -3.55. The fraction of sp³-hybridized carbons (Fsp3) is 0.310. The molecule has 0 aliphatic carbocycles. The normalized spacial score (nSPS) is 17.9. The molecule has 6 rings (SSSR count). The van der Waals surface area contributed by atoms with Gasteiger partial charge in [0.2, 0.25) is 0 Å². The summed E-state index contributed by atoms with van der Waals surface area (Å²) in [7, 11) is 0. The van der Waals surface area contributed by atoms with Crippen molar-refractivity contribution in [1.29, 1.82) is 0 Å². The number of ether oxygens (including phenoxy) is 1. The van der Waals surface area contributed by atoms with E-state index >= 15 is 0 Å². The molecule has 37 heavy (non-hydrogen) atoms. The summed E-state index contributed by atoms with van der Waals surface area (Å²) in [5.74, 6) is -0.502. The van der Waals surface area contributed by atoms with Crippen LogP contribution in [0.25, 0.3) is 22.3 Å². The number of esters is 1. The summed E-state index contributed by atoms with van der Waals surface area (Å²) in [6.07, 6.45) is 4.19. The van der Waals surface area contributed by atoms with Crippen molar-refractivity contribution in [1.82, 2.24) is 9.55 Å². The first-order valence-electron chi connectivity index (χ1n) is 12.3. The van der Waals surface area contributed by atoms with Crippen molar-refractivity contribution in [3.05, 3.63) is 92.5 Å². The van der Waals surface area contributed by atoms with Crippen LogP contribution < -0.4 is 22.5 Å². The molecule has 3 aromatic heterocycles. The van der Waals surface area contributed by atoms with Crippen LogP contribution in [0.3, 0.4) is 0 Å². The Morgan fingerprint density at radius 1 is 1.11 bits per heavy atom. The van der Waals surface area contributed by atoms with Crippen molar-refractivity contribution in [3.8, 4) is 11.4 Å². The molecular formula is C29H28ClN3O4. The van der Waals surface area contributed by atoms with E-state index in [9.17, 15) is 14.7 Å². The highest BCUT2D eigenvalue weighted by Crippen LogP contribution is 2.41. The number of hydrogen-bond donors (Lipinski definition) is 1. The molecule has 7 nitrogen and oxygen atoms in total. The van der Waals surface area contributed by atoms with E-state index in [0.717, 1.165) is 38.9 Å². The first-order valence-corrected chi connectivity index (χ1v) is 12.3. The van der Waals surface area contributed by atoms with Crippen molar-refractivity contribution in [2.45, 2.75) is 58.9 Å². The van der Waals surface area contributed by atoms with Crippen LogP contribution in [0.4, 0.5) is 0 Å². The molecule has 0 bridgehead atoms. The van der Waals surface area contributed by atoms with Gasteiger partial charge in [0, 0.05) is 28.6 Å². The molecule has 190 valence electrons. The van der Waals surface area contributed by atoms with Gasteiger partial charge in [0.25, 0.3) is 5.56 Å². The highest BCUT2D eigenvalue weighted by molar-refractivity contribution is 5.91. The van der Waals surface area contributed by atoms with Crippen molar-refractivity contribution in [2.24, 2.45) is 0 Å². The van der Waals surface area contributed by atoms with Crippen LogP contribution in [0.2, 0.25) is 0 Å². The van der Waals surface area contributed by atoms with E-state index in [1.807, 2.05) is 43.6 Å². The third kappa shape index (κ3) is 3.93. The molecule has 1 aromatic carbocycles. The lowest BCUT2D eigenvalue weighted by Gasteiger charge is -2.26. The Labute approximate surface area is 220 Å². The molecule has 0 saturated carbocycles. The number of pyridine rings is 3. The second-order valence-corrected chi connectivity index (χ2v) is 9.98. The molecule has 0 amide bonds. The van der Waals surface area contributed by atoms with Crippen molar-refractivity contribution in [3.63, 3.8) is 0 Å². The number of aryl methyl sites for hydroxylation is 2. The lowest BCUT2D eigenvalue weighted by Crippen LogP contribution is -3.00. The Balaban J connectivity index is 0.00000280. The third-order valence-electron chi connectivity index (χ3n) is 7.62. The summed E-state index contributed by atoms with van der Waals surface area (Å²) < 4.78 is 9.15. The van der Waals surface area contributed by atoms with Crippen molar-refractivity contribution < 1.29 is 31.6 Å². The largest absolute Gasteiger partial charge is 1.00 e. The number of fused-ring (bicyclic) bond motifs is 5. The van der Waals surface area contributed by atoms with Crippen LogP contribution in [-0.2, 0) is 34.8 Å². The summed E-state index contributed by atoms with van der Waals surface area (Å²) in [5.41, 5.74) is 5.88. The van der Waals surface area contributed by atoms with Crippen LogP contribution in [0.1, 0.15) is 53.1 Å². The van der Waals surface area contributed by atoms with Crippen molar-refractivity contribution >= 4 is 16.9 Å². The van der Waals surface area contributed by atoms with Gasteiger partial charge in [-0.15, -0.1) is 0 Å². The summed E-state index contributed by atoms with van der Waals surface area (Å²) in [5, 5.41) is 12.5. The van der Waals surface area contributed by atoms with Gasteiger partial charge in [0.15, 0.2) is 18.9 Å². The second kappa shape index (κ2) is 9.08. The Morgan fingerprint density at radius 3 is 2.59 bits per heavy atom. The molecule has 2 aliphatic heterocycles. The minimum Gasteiger partial charge on any atom is -1.00 e. The van der Waals surface area contributed by atoms with Gasteiger partial charge in [-0.3, -0.25) is 9.59 Å². The number of halogens is 1. The molecule has 0 spiro atoms. The lowest BCUT2D eigenvalue weighted by molar-refractivity contribution is -0.688. The maximum absolute atomic E-state index is 13.7. The van der Waals surface area contributed by atoms with E-state index in [2.05, 4.69) is 30.5 Å². The minimum atomic E-state index is -1.45. The third-order valence-corrected chi connectivity index (χ3v) is 7.62. The predicted molar refractivity (Wildman–Crippen MR) is 134 cm³/mol.